The average molecular weight is 329 g/mol. The molecular formula is C19H27N3O2. The Bertz CT molecular complexity index is 576. The van der Waals surface area contributed by atoms with Crippen molar-refractivity contribution in [1.82, 2.24) is 15.1 Å². The van der Waals surface area contributed by atoms with Crippen LogP contribution in [0.15, 0.2) is 30.3 Å². The minimum atomic E-state index is 0.0150. The third-order valence-electron chi connectivity index (χ3n) is 5.07. The fourth-order valence-corrected chi connectivity index (χ4v) is 3.45. The molecule has 1 aromatic carbocycles. The molecule has 1 aromatic rings. The maximum atomic E-state index is 12.7. The van der Waals surface area contributed by atoms with Crippen molar-refractivity contribution < 1.29 is 9.59 Å². The summed E-state index contributed by atoms with van der Waals surface area (Å²) in [5.74, 6) is 0.737. The van der Waals surface area contributed by atoms with E-state index in [2.05, 4.69) is 17.4 Å². The van der Waals surface area contributed by atoms with Gasteiger partial charge in [-0.2, -0.15) is 0 Å². The minimum Gasteiger partial charge on any atom is -0.349 e. The second kappa shape index (κ2) is 7.24. The van der Waals surface area contributed by atoms with Crippen LogP contribution in [0.4, 0.5) is 4.79 Å². The van der Waals surface area contributed by atoms with Crippen molar-refractivity contribution in [1.29, 1.82) is 0 Å². The van der Waals surface area contributed by atoms with E-state index in [1.54, 1.807) is 19.0 Å². The number of nitrogens with one attached hydrogen (secondary N) is 1. The Kier molecular flexibility index (Phi) is 5.07. The van der Waals surface area contributed by atoms with Gasteiger partial charge in [0.05, 0.1) is 6.04 Å². The van der Waals surface area contributed by atoms with Crippen LogP contribution in [-0.4, -0.2) is 48.9 Å². The zero-order valence-electron chi connectivity index (χ0n) is 14.6. The van der Waals surface area contributed by atoms with Gasteiger partial charge in [-0.1, -0.05) is 30.3 Å². The highest BCUT2D eigenvalue weighted by Gasteiger charge is 2.35. The van der Waals surface area contributed by atoms with Gasteiger partial charge in [-0.3, -0.25) is 4.79 Å². The third kappa shape index (κ3) is 3.89. The molecule has 1 saturated heterocycles. The molecule has 2 fully saturated rings. The number of carbonyl (C=O) groups excluding carboxylic acids is 2. The van der Waals surface area contributed by atoms with Gasteiger partial charge in [-0.05, 0) is 37.2 Å². The normalized spacial score (nSPS) is 19.7. The van der Waals surface area contributed by atoms with Crippen molar-refractivity contribution in [3.8, 4) is 0 Å². The quantitative estimate of drug-likeness (QED) is 0.923. The molecule has 1 unspecified atom stereocenters. The largest absolute Gasteiger partial charge is 0.349 e. The number of amides is 3. The van der Waals surface area contributed by atoms with Crippen molar-refractivity contribution in [2.24, 2.45) is 11.8 Å². The van der Waals surface area contributed by atoms with E-state index >= 15 is 0 Å². The highest BCUT2D eigenvalue weighted by molar-refractivity contribution is 5.80. The van der Waals surface area contributed by atoms with Crippen molar-refractivity contribution >= 4 is 11.9 Å². The van der Waals surface area contributed by atoms with Crippen LogP contribution in [0, 0.1) is 11.8 Å². The molecule has 5 nitrogen and oxygen atoms in total. The Balaban J connectivity index is 1.56. The molecule has 24 heavy (non-hydrogen) atoms. The number of benzene rings is 1. The van der Waals surface area contributed by atoms with E-state index in [0.29, 0.717) is 19.0 Å². The predicted molar refractivity (Wildman–Crippen MR) is 93.4 cm³/mol. The molecule has 1 aliphatic carbocycles. The molecule has 5 heteroatoms. The SMILES string of the molecule is CN(C)C(=O)N1CCC(C(=O)NC(c2ccccc2)C2CC2)CC1. The van der Waals surface area contributed by atoms with Crippen molar-refractivity contribution in [3.05, 3.63) is 35.9 Å². The lowest BCUT2D eigenvalue weighted by molar-refractivity contribution is -0.127. The monoisotopic (exact) mass is 329 g/mol. The summed E-state index contributed by atoms with van der Waals surface area (Å²) in [6.45, 7) is 1.32. The second-order valence-corrected chi connectivity index (χ2v) is 7.17. The van der Waals surface area contributed by atoms with Gasteiger partial charge in [0, 0.05) is 33.1 Å². The van der Waals surface area contributed by atoms with Gasteiger partial charge in [0.2, 0.25) is 5.91 Å². The Morgan fingerprint density at radius 2 is 1.71 bits per heavy atom. The average Bonchev–Trinajstić information content (AvgIpc) is 3.44. The Morgan fingerprint density at radius 1 is 1.08 bits per heavy atom. The van der Waals surface area contributed by atoms with E-state index in [1.165, 1.54) is 18.4 Å². The molecule has 0 spiro atoms. The van der Waals surface area contributed by atoms with E-state index in [9.17, 15) is 9.59 Å². The van der Waals surface area contributed by atoms with E-state index in [-0.39, 0.29) is 23.9 Å². The lowest BCUT2D eigenvalue weighted by atomic mass is 9.94. The first-order valence-electron chi connectivity index (χ1n) is 8.88. The second-order valence-electron chi connectivity index (χ2n) is 7.17. The summed E-state index contributed by atoms with van der Waals surface area (Å²) < 4.78 is 0. The van der Waals surface area contributed by atoms with Crippen LogP contribution in [-0.2, 0) is 4.79 Å². The predicted octanol–water partition coefficient (Wildman–Crippen LogP) is 2.65. The van der Waals surface area contributed by atoms with E-state index < -0.39 is 0 Å². The number of hydrogen-bond donors (Lipinski definition) is 1. The fraction of sp³-hybridized carbons (Fsp3) is 0.579. The molecule has 3 amide bonds. The molecule has 130 valence electrons. The maximum Gasteiger partial charge on any atom is 0.319 e. The first kappa shape index (κ1) is 16.8. The van der Waals surface area contributed by atoms with Crippen LogP contribution in [0.2, 0.25) is 0 Å². The lowest BCUT2D eigenvalue weighted by Crippen LogP contribution is -2.47. The lowest BCUT2D eigenvalue weighted by Gasteiger charge is -2.33. The topological polar surface area (TPSA) is 52.7 Å². The molecular weight excluding hydrogens is 302 g/mol. The molecule has 1 N–H and O–H groups in total. The maximum absolute atomic E-state index is 12.7. The van der Waals surface area contributed by atoms with Crippen LogP contribution in [0.1, 0.15) is 37.3 Å². The Labute approximate surface area is 144 Å². The van der Waals surface area contributed by atoms with Gasteiger partial charge in [0.1, 0.15) is 0 Å². The number of likely N-dealkylation sites (tertiary alicyclic amines) is 1. The third-order valence-corrected chi connectivity index (χ3v) is 5.07. The highest BCUT2D eigenvalue weighted by atomic mass is 16.2. The summed E-state index contributed by atoms with van der Waals surface area (Å²) in [4.78, 5) is 28.1. The van der Waals surface area contributed by atoms with Gasteiger partial charge in [0.25, 0.3) is 0 Å². The smallest absolute Gasteiger partial charge is 0.319 e. The van der Waals surface area contributed by atoms with Crippen LogP contribution in [0.5, 0.6) is 0 Å². The number of urea groups is 1. The van der Waals surface area contributed by atoms with Crippen LogP contribution in [0.3, 0.4) is 0 Å². The number of nitrogens with zero attached hydrogens (tertiary/aromatic N) is 2. The summed E-state index contributed by atoms with van der Waals surface area (Å²) in [6, 6.07) is 10.4. The Hall–Kier alpha value is -2.04. The first-order valence-corrected chi connectivity index (χ1v) is 8.88. The summed E-state index contributed by atoms with van der Waals surface area (Å²) >= 11 is 0. The van der Waals surface area contributed by atoms with Gasteiger partial charge < -0.3 is 15.1 Å². The number of hydrogen-bond acceptors (Lipinski definition) is 2. The first-order chi connectivity index (χ1) is 11.6. The van der Waals surface area contributed by atoms with Gasteiger partial charge >= 0.3 is 6.03 Å². The zero-order valence-corrected chi connectivity index (χ0v) is 14.6. The summed E-state index contributed by atoms with van der Waals surface area (Å²) in [5.41, 5.74) is 1.20. The fourth-order valence-electron chi connectivity index (χ4n) is 3.45. The van der Waals surface area contributed by atoms with E-state index in [4.69, 9.17) is 0 Å². The van der Waals surface area contributed by atoms with Gasteiger partial charge in [-0.25, -0.2) is 4.79 Å². The summed E-state index contributed by atoms with van der Waals surface area (Å²) in [6.07, 6.45) is 3.88. The molecule has 0 aromatic heterocycles. The Morgan fingerprint density at radius 3 is 2.25 bits per heavy atom. The van der Waals surface area contributed by atoms with Crippen LogP contribution >= 0.6 is 0 Å². The van der Waals surface area contributed by atoms with Gasteiger partial charge in [0.15, 0.2) is 0 Å². The standard InChI is InChI=1S/C19H27N3O2/c1-21(2)19(24)22-12-10-16(11-13-22)18(23)20-17(15-8-9-15)14-6-4-3-5-7-14/h3-7,15-17H,8-13H2,1-2H3,(H,20,23). The van der Waals surface area contributed by atoms with Crippen molar-refractivity contribution in [2.45, 2.75) is 31.7 Å². The molecule has 1 aliphatic heterocycles. The summed E-state index contributed by atoms with van der Waals surface area (Å²) in [5, 5.41) is 3.28. The molecule has 1 atom stereocenters. The number of piperidine rings is 1. The molecule has 0 radical (unpaired) electrons. The minimum absolute atomic E-state index is 0.0150. The molecule has 1 heterocycles. The zero-order chi connectivity index (χ0) is 17.1. The van der Waals surface area contributed by atoms with Crippen molar-refractivity contribution in [2.75, 3.05) is 27.2 Å². The van der Waals surface area contributed by atoms with Gasteiger partial charge in [-0.15, -0.1) is 0 Å². The number of rotatable bonds is 4. The highest BCUT2D eigenvalue weighted by Crippen LogP contribution is 2.41. The summed E-state index contributed by atoms with van der Waals surface area (Å²) in [7, 11) is 3.53. The van der Waals surface area contributed by atoms with Crippen molar-refractivity contribution in [3.63, 3.8) is 0 Å². The van der Waals surface area contributed by atoms with E-state index in [1.807, 2.05) is 23.1 Å². The van der Waals surface area contributed by atoms with Crippen LogP contribution < -0.4 is 5.32 Å². The number of carbonyl (C=O) groups is 2. The molecule has 3 rings (SSSR count). The van der Waals surface area contributed by atoms with Crippen LogP contribution in [0.25, 0.3) is 0 Å². The molecule has 2 aliphatic rings. The molecule has 1 saturated carbocycles. The van der Waals surface area contributed by atoms with E-state index in [0.717, 1.165) is 12.8 Å². The molecule has 0 bridgehead atoms.